The lowest BCUT2D eigenvalue weighted by Gasteiger charge is -2.08. The Hall–Kier alpha value is -0.960. The zero-order valence-corrected chi connectivity index (χ0v) is 15.0. The average Bonchev–Trinajstić information content (AvgIpc) is 2.30. The van der Waals surface area contributed by atoms with Crippen molar-refractivity contribution in [2.75, 3.05) is 0 Å². The van der Waals surface area contributed by atoms with Crippen molar-refractivity contribution >= 4 is 26.3 Å². The van der Waals surface area contributed by atoms with Crippen LogP contribution in [-0.2, 0) is 0 Å². The predicted molar refractivity (Wildman–Crippen MR) is 94.4 cm³/mol. The van der Waals surface area contributed by atoms with Crippen LogP contribution < -0.4 is 10.6 Å². The fraction of sp³-hybridized carbons (Fsp3) is 0.333. The maximum atomic E-state index is 2.29. The largest absolute Gasteiger partial charge is 0.0554 e. The molecule has 2 heteroatoms. The Morgan fingerprint density at radius 2 is 0.750 bits per heavy atom. The molecule has 0 atom stereocenters. The topological polar surface area (TPSA) is 0 Å². The molecule has 20 heavy (non-hydrogen) atoms. The maximum absolute atomic E-state index is 2.29. The molecule has 2 aromatic rings. The molecule has 2 rings (SSSR count). The standard InChI is InChI=1S/C18H22P2/c1-11-7-13(3)17(14(4)8-11)19-20-18-15(5)9-12(2)10-16(18)6/h7-10H,1-6H3. The Morgan fingerprint density at radius 3 is 1.00 bits per heavy atom. The van der Waals surface area contributed by atoms with Gasteiger partial charge in [-0.05, 0) is 79.5 Å². The van der Waals surface area contributed by atoms with Gasteiger partial charge in [-0.15, -0.1) is 0 Å². The molecule has 0 saturated carbocycles. The lowest BCUT2D eigenvalue weighted by atomic mass is 10.1. The second-order valence-corrected chi connectivity index (χ2v) is 8.19. The van der Waals surface area contributed by atoms with Gasteiger partial charge in [0, 0.05) is 10.6 Å². The predicted octanol–water partition coefficient (Wildman–Crippen LogP) is 5.30. The van der Waals surface area contributed by atoms with Gasteiger partial charge in [0.25, 0.3) is 0 Å². The van der Waals surface area contributed by atoms with Gasteiger partial charge in [-0.2, -0.15) is 0 Å². The van der Waals surface area contributed by atoms with E-state index in [0.717, 1.165) is 0 Å². The Labute approximate surface area is 126 Å². The molecular formula is C18H22P2. The van der Waals surface area contributed by atoms with E-state index in [2.05, 4.69) is 65.8 Å². The third kappa shape index (κ3) is 3.38. The quantitative estimate of drug-likeness (QED) is 0.661. The molecule has 0 unspecified atom stereocenters. The van der Waals surface area contributed by atoms with Crippen LogP contribution in [0, 0.1) is 41.5 Å². The summed E-state index contributed by atoms with van der Waals surface area (Å²) in [4.78, 5) is 0. The van der Waals surface area contributed by atoms with Gasteiger partial charge in [-0.1, -0.05) is 35.4 Å². The monoisotopic (exact) mass is 300 g/mol. The molecule has 0 aliphatic rings. The number of hydrogen-bond donors (Lipinski definition) is 0. The molecule has 0 saturated heterocycles. The van der Waals surface area contributed by atoms with Crippen molar-refractivity contribution in [2.24, 2.45) is 0 Å². The molecule has 0 bridgehead atoms. The van der Waals surface area contributed by atoms with Crippen LogP contribution in [0.25, 0.3) is 0 Å². The van der Waals surface area contributed by atoms with Crippen LogP contribution in [0.5, 0.6) is 0 Å². The molecule has 0 aliphatic carbocycles. The summed E-state index contributed by atoms with van der Waals surface area (Å²) in [6.45, 7) is 13.3. The van der Waals surface area contributed by atoms with Crippen LogP contribution in [0.4, 0.5) is 0 Å². The molecule has 0 amide bonds. The highest BCUT2D eigenvalue weighted by molar-refractivity contribution is 7.91. The number of rotatable bonds is 2. The Bertz CT molecular complexity index is 576. The van der Waals surface area contributed by atoms with Crippen molar-refractivity contribution in [1.29, 1.82) is 0 Å². The summed E-state index contributed by atoms with van der Waals surface area (Å²) < 4.78 is 0. The molecule has 0 fully saturated rings. The molecule has 104 valence electrons. The summed E-state index contributed by atoms with van der Waals surface area (Å²) in [5.74, 6) is 0. The average molecular weight is 300 g/mol. The van der Waals surface area contributed by atoms with Gasteiger partial charge in [0.05, 0.1) is 0 Å². The Kier molecular flexibility index (Phi) is 4.79. The third-order valence-electron chi connectivity index (χ3n) is 3.52. The first-order valence-corrected chi connectivity index (χ1v) is 9.45. The molecule has 0 spiro atoms. The minimum atomic E-state index is 1.36. The van der Waals surface area contributed by atoms with Crippen LogP contribution >= 0.6 is 15.7 Å². The number of aryl methyl sites for hydroxylation is 6. The van der Waals surface area contributed by atoms with Gasteiger partial charge >= 0.3 is 0 Å². The first kappa shape index (κ1) is 15.4. The lowest BCUT2D eigenvalue weighted by Crippen LogP contribution is -2.05. The van der Waals surface area contributed by atoms with Crippen LogP contribution in [0.1, 0.15) is 33.4 Å². The van der Waals surface area contributed by atoms with Gasteiger partial charge in [0.1, 0.15) is 0 Å². The lowest BCUT2D eigenvalue weighted by molar-refractivity contribution is 1.36. The van der Waals surface area contributed by atoms with Crippen molar-refractivity contribution in [1.82, 2.24) is 0 Å². The second kappa shape index (κ2) is 6.21. The summed E-state index contributed by atoms with van der Waals surface area (Å²) in [6, 6.07) is 9.17. The molecule has 0 N–H and O–H groups in total. The van der Waals surface area contributed by atoms with Gasteiger partial charge in [-0.25, -0.2) is 0 Å². The van der Waals surface area contributed by atoms with E-state index in [1.807, 2.05) is 0 Å². The van der Waals surface area contributed by atoms with Crippen LogP contribution in [-0.4, -0.2) is 0 Å². The van der Waals surface area contributed by atoms with E-state index in [1.54, 1.807) is 0 Å². The van der Waals surface area contributed by atoms with Crippen LogP contribution in [0.3, 0.4) is 0 Å². The van der Waals surface area contributed by atoms with Crippen molar-refractivity contribution in [3.8, 4) is 0 Å². The van der Waals surface area contributed by atoms with Crippen molar-refractivity contribution in [2.45, 2.75) is 41.5 Å². The molecule has 0 aliphatic heterocycles. The van der Waals surface area contributed by atoms with E-state index in [-0.39, 0.29) is 0 Å². The molecule has 0 nitrogen and oxygen atoms in total. The molecule has 0 heterocycles. The maximum Gasteiger partial charge on any atom is 0.0122 e. The van der Waals surface area contributed by atoms with Crippen molar-refractivity contribution < 1.29 is 0 Å². The summed E-state index contributed by atoms with van der Waals surface area (Å²) in [5.41, 5.74) is 8.38. The fourth-order valence-electron chi connectivity index (χ4n) is 2.76. The van der Waals surface area contributed by atoms with Gasteiger partial charge < -0.3 is 0 Å². The van der Waals surface area contributed by atoms with Crippen molar-refractivity contribution in [3.05, 3.63) is 57.6 Å². The first-order valence-electron chi connectivity index (χ1n) is 6.96. The Balaban J connectivity index is 2.45. The van der Waals surface area contributed by atoms with Gasteiger partial charge in [0.2, 0.25) is 0 Å². The van der Waals surface area contributed by atoms with Gasteiger partial charge in [-0.3, -0.25) is 0 Å². The SMILES string of the molecule is Cc1cc(C)c(P=Pc2c(C)cc(C)cc2C)c(C)c1. The summed E-state index contributed by atoms with van der Waals surface area (Å²) in [7, 11) is 2.78. The summed E-state index contributed by atoms with van der Waals surface area (Å²) >= 11 is 0. The second-order valence-electron chi connectivity index (χ2n) is 5.69. The molecular weight excluding hydrogens is 278 g/mol. The molecule has 0 aromatic heterocycles. The van der Waals surface area contributed by atoms with Crippen molar-refractivity contribution in [3.63, 3.8) is 0 Å². The number of hydrogen-bond acceptors (Lipinski definition) is 0. The minimum Gasteiger partial charge on any atom is -0.0554 e. The minimum absolute atomic E-state index is 1.36. The van der Waals surface area contributed by atoms with E-state index in [1.165, 1.54) is 59.7 Å². The molecule has 0 radical (unpaired) electrons. The normalized spacial score (nSPS) is 11.3. The van der Waals surface area contributed by atoms with Crippen LogP contribution in [0.15, 0.2) is 24.3 Å². The van der Waals surface area contributed by atoms with E-state index < -0.39 is 0 Å². The van der Waals surface area contributed by atoms with E-state index in [0.29, 0.717) is 0 Å². The number of benzene rings is 2. The fourth-order valence-corrected chi connectivity index (χ4v) is 6.34. The highest BCUT2D eigenvalue weighted by Crippen LogP contribution is 2.23. The zero-order valence-electron chi connectivity index (χ0n) is 13.2. The first-order chi connectivity index (χ1) is 9.38. The summed E-state index contributed by atoms with van der Waals surface area (Å²) in [6.07, 6.45) is 0. The smallest absolute Gasteiger partial charge is 0.0122 e. The third-order valence-corrected chi connectivity index (χ3v) is 6.93. The highest BCUT2D eigenvalue weighted by Gasteiger charge is 2.04. The van der Waals surface area contributed by atoms with E-state index in [9.17, 15) is 0 Å². The summed E-state index contributed by atoms with van der Waals surface area (Å²) in [5, 5.41) is 2.97. The van der Waals surface area contributed by atoms with Gasteiger partial charge in [0.15, 0.2) is 0 Å². The highest BCUT2D eigenvalue weighted by atomic mass is 31.7. The van der Waals surface area contributed by atoms with E-state index >= 15 is 0 Å². The molecule has 2 aromatic carbocycles. The van der Waals surface area contributed by atoms with Crippen LogP contribution in [0.2, 0.25) is 0 Å². The Morgan fingerprint density at radius 1 is 0.500 bits per heavy atom. The zero-order chi connectivity index (χ0) is 14.9. The van der Waals surface area contributed by atoms with E-state index in [4.69, 9.17) is 0 Å².